The van der Waals surface area contributed by atoms with E-state index in [4.69, 9.17) is 18.9 Å². The number of hydrogen-bond donors (Lipinski definition) is 0. The van der Waals surface area contributed by atoms with Crippen molar-refractivity contribution >= 4 is 15.8 Å². The minimum absolute atomic E-state index is 0.0888. The van der Waals surface area contributed by atoms with E-state index in [9.17, 15) is 26.4 Å². The highest BCUT2D eigenvalue weighted by atomic mass is 32.2. The van der Waals surface area contributed by atoms with E-state index in [2.05, 4.69) is 0 Å². The van der Waals surface area contributed by atoms with Gasteiger partial charge in [0.2, 0.25) is 0 Å². The molecule has 1 heterocycles. The maximum Gasteiger partial charge on any atom is 0.419 e. The number of ether oxygens (including phenoxy) is 4. The molecular formula is C31H33F3O7S. The van der Waals surface area contributed by atoms with Crippen LogP contribution in [-0.4, -0.2) is 52.8 Å². The van der Waals surface area contributed by atoms with Gasteiger partial charge in [0.1, 0.15) is 27.9 Å². The van der Waals surface area contributed by atoms with E-state index in [0.717, 1.165) is 23.4 Å². The van der Waals surface area contributed by atoms with E-state index in [1.165, 1.54) is 12.1 Å². The van der Waals surface area contributed by atoms with Crippen molar-refractivity contribution in [2.75, 3.05) is 38.4 Å². The molecule has 1 fully saturated rings. The summed E-state index contributed by atoms with van der Waals surface area (Å²) in [5.74, 6) is -0.181. The van der Waals surface area contributed by atoms with Gasteiger partial charge in [0.25, 0.3) is 0 Å². The van der Waals surface area contributed by atoms with Crippen LogP contribution >= 0.6 is 0 Å². The second-order valence-corrected chi connectivity index (χ2v) is 12.6. The smallest absolute Gasteiger partial charge is 0.419 e. The molecule has 0 atom stereocenters. The number of benzene rings is 3. The van der Waals surface area contributed by atoms with Crippen LogP contribution in [0.15, 0.2) is 66.7 Å². The molecule has 1 aliphatic heterocycles. The first kappa shape index (κ1) is 31.4. The van der Waals surface area contributed by atoms with Crippen molar-refractivity contribution in [3.8, 4) is 22.6 Å². The van der Waals surface area contributed by atoms with Crippen LogP contribution in [0.5, 0.6) is 11.5 Å². The van der Waals surface area contributed by atoms with Crippen LogP contribution in [-0.2, 0) is 42.3 Å². The van der Waals surface area contributed by atoms with Gasteiger partial charge in [-0.15, -0.1) is 0 Å². The minimum Gasteiger partial charge on any atom is -0.493 e. The molecule has 0 amide bonds. The quantitative estimate of drug-likeness (QED) is 0.175. The van der Waals surface area contributed by atoms with E-state index in [-0.39, 0.29) is 43.5 Å². The van der Waals surface area contributed by atoms with Gasteiger partial charge in [-0.3, -0.25) is 4.79 Å². The van der Waals surface area contributed by atoms with E-state index >= 15 is 0 Å². The summed E-state index contributed by atoms with van der Waals surface area (Å²) in [7, 11) is -3.23. The molecule has 3 aromatic carbocycles. The highest BCUT2D eigenvalue weighted by Gasteiger charge is 2.42. The average molecular weight is 607 g/mol. The van der Waals surface area contributed by atoms with Crippen LogP contribution in [0.1, 0.15) is 36.5 Å². The Morgan fingerprint density at radius 1 is 0.976 bits per heavy atom. The Labute approximate surface area is 243 Å². The lowest BCUT2D eigenvalue weighted by Gasteiger charge is -2.41. The van der Waals surface area contributed by atoms with Gasteiger partial charge in [-0.25, -0.2) is 8.42 Å². The van der Waals surface area contributed by atoms with Gasteiger partial charge in [0, 0.05) is 6.26 Å². The first-order chi connectivity index (χ1) is 19.9. The fourth-order valence-corrected chi connectivity index (χ4v) is 5.32. The third kappa shape index (κ3) is 8.25. The second kappa shape index (κ2) is 13.2. The number of halogens is 3. The molecule has 4 rings (SSSR count). The molecule has 0 saturated carbocycles. The lowest BCUT2D eigenvalue weighted by molar-refractivity contribution is -0.151. The van der Waals surface area contributed by atoms with Crippen molar-refractivity contribution in [3.05, 3.63) is 83.4 Å². The van der Waals surface area contributed by atoms with E-state index in [0.29, 0.717) is 36.7 Å². The molecule has 3 aromatic rings. The summed E-state index contributed by atoms with van der Waals surface area (Å²) in [4.78, 5) is 12.1. The van der Waals surface area contributed by atoms with Gasteiger partial charge in [-0.1, -0.05) is 36.4 Å². The summed E-state index contributed by atoms with van der Waals surface area (Å²) in [5.41, 5.74) is 1.30. The zero-order valence-corrected chi connectivity index (χ0v) is 24.2. The average Bonchev–Trinajstić information content (AvgIpc) is 2.92. The second-order valence-electron chi connectivity index (χ2n) is 10.3. The Morgan fingerprint density at radius 3 is 2.31 bits per heavy atom. The Hall–Kier alpha value is -3.57. The van der Waals surface area contributed by atoms with Crippen LogP contribution < -0.4 is 9.47 Å². The fourth-order valence-electron chi connectivity index (χ4n) is 4.68. The molecule has 42 heavy (non-hydrogen) atoms. The number of rotatable bonds is 13. The minimum atomic E-state index is -4.66. The SMILES string of the molecule is CCOC(=O)CC1(c2ccc(OCc3cccc(-c4ccc(OCCCS(C)(=O)=O)c(C(F)(F)F)c4)c3)cc2)COC1. The molecule has 0 N–H and O–H groups in total. The summed E-state index contributed by atoms with van der Waals surface area (Å²) in [6.45, 7) is 3.00. The summed E-state index contributed by atoms with van der Waals surface area (Å²) >= 11 is 0. The van der Waals surface area contributed by atoms with Gasteiger partial charge in [-0.05, 0) is 65.9 Å². The standard InChI is InChI=1S/C31H33F3O7S/c1-3-39-29(35)18-30(20-38-21-30)25-9-11-26(12-10-25)41-19-22-6-4-7-23(16-22)24-8-13-28(27(17-24)31(32,33)34)40-14-5-15-42(2,36)37/h4,6-13,16-17H,3,5,14-15,18-21H2,1-2H3. The monoisotopic (exact) mass is 606 g/mol. The molecule has 1 aliphatic rings. The summed E-state index contributed by atoms with van der Waals surface area (Å²) in [5, 5.41) is 0. The van der Waals surface area contributed by atoms with Crippen molar-refractivity contribution in [1.29, 1.82) is 0 Å². The maximum atomic E-state index is 13.8. The van der Waals surface area contributed by atoms with Crippen molar-refractivity contribution in [2.24, 2.45) is 0 Å². The number of carbonyl (C=O) groups is 1. The van der Waals surface area contributed by atoms with Crippen LogP contribution in [0, 0.1) is 0 Å². The molecule has 0 aromatic heterocycles. The zero-order chi connectivity index (χ0) is 30.4. The van der Waals surface area contributed by atoms with Crippen molar-refractivity contribution < 1.29 is 45.3 Å². The van der Waals surface area contributed by atoms with E-state index in [1.54, 1.807) is 25.1 Å². The Balaban J connectivity index is 1.42. The van der Waals surface area contributed by atoms with E-state index in [1.807, 2.05) is 30.3 Å². The van der Waals surface area contributed by atoms with Crippen molar-refractivity contribution in [2.45, 2.75) is 38.0 Å². The summed E-state index contributed by atoms with van der Waals surface area (Å²) in [6, 6.07) is 18.3. The van der Waals surface area contributed by atoms with Gasteiger partial charge in [0.05, 0.1) is 49.6 Å². The fraction of sp³-hybridized carbons (Fsp3) is 0.387. The van der Waals surface area contributed by atoms with Crippen LogP contribution in [0.3, 0.4) is 0 Å². The number of alkyl halides is 3. The number of sulfone groups is 1. The maximum absolute atomic E-state index is 13.8. The van der Waals surface area contributed by atoms with Crippen molar-refractivity contribution in [3.63, 3.8) is 0 Å². The topological polar surface area (TPSA) is 88.1 Å². The number of carbonyl (C=O) groups excluding carboxylic acids is 1. The molecule has 226 valence electrons. The van der Waals surface area contributed by atoms with Gasteiger partial charge in [0.15, 0.2) is 0 Å². The molecule has 0 aliphatic carbocycles. The van der Waals surface area contributed by atoms with Crippen LogP contribution in [0.2, 0.25) is 0 Å². The van der Waals surface area contributed by atoms with Crippen LogP contribution in [0.25, 0.3) is 11.1 Å². The first-order valence-electron chi connectivity index (χ1n) is 13.5. The molecule has 0 radical (unpaired) electrons. The van der Waals surface area contributed by atoms with Gasteiger partial charge < -0.3 is 18.9 Å². The molecule has 0 spiro atoms. The molecule has 1 saturated heterocycles. The summed E-state index contributed by atoms with van der Waals surface area (Å²) in [6.07, 6.45) is -3.27. The lowest BCUT2D eigenvalue weighted by atomic mass is 9.76. The highest BCUT2D eigenvalue weighted by Crippen LogP contribution is 2.39. The van der Waals surface area contributed by atoms with Crippen LogP contribution in [0.4, 0.5) is 13.2 Å². The molecule has 0 unspecified atom stereocenters. The highest BCUT2D eigenvalue weighted by molar-refractivity contribution is 7.90. The normalized spacial score (nSPS) is 14.6. The Kier molecular flexibility index (Phi) is 9.83. The molecule has 11 heteroatoms. The Bertz CT molecular complexity index is 1480. The predicted molar refractivity (Wildman–Crippen MR) is 151 cm³/mol. The lowest BCUT2D eigenvalue weighted by Crippen LogP contribution is -2.48. The largest absolute Gasteiger partial charge is 0.493 e. The third-order valence-corrected chi connectivity index (χ3v) is 7.91. The summed E-state index contributed by atoms with van der Waals surface area (Å²) < 4.78 is 85.8. The predicted octanol–water partition coefficient (Wildman–Crippen LogP) is 5.99. The third-order valence-electron chi connectivity index (χ3n) is 6.88. The molecular weight excluding hydrogens is 573 g/mol. The van der Waals surface area contributed by atoms with Gasteiger partial charge >= 0.3 is 12.1 Å². The van der Waals surface area contributed by atoms with Gasteiger partial charge in [-0.2, -0.15) is 13.2 Å². The first-order valence-corrected chi connectivity index (χ1v) is 15.5. The Morgan fingerprint density at radius 2 is 1.69 bits per heavy atom. The molecule has 7 nitrogen and oxygen atoms in total. The van der Waals surface area contributed by atoms with E-state index < -0.39 is 27.0 Å². The number of hydrogen-bond acceptors (Lipinski definition) is 7. The number of esters is 1. The van der Waals surface area contributed by atoms with Crippen molar-refractivity contribution in [1.82, 2.24) is 0 Å². The molecule has 0 bridgehead atoms. The zero-order valence-electron chi connectivity index (χ0n) is 23.4.